The molecule has 5 nitrogen and oxygen atoms in total. The smallest absolute Gasteiger partial charge is 0.352 e. The molecule has 0 bridgehead atoms. The lowest BCUT2D eigenvalue weighted by molar-refractivity contribution is -0.141. The van der Waals surface area contributed by atoms with Crippen LogP contribution in [0.1, 0.15) is 13.8 Å². The Morgan fingerprint density at radius 1 is 1.00 bits per heavy atom. The van der Waals surface area contributed by atoms with Crippen LogP contribution in [0.4, 0.5) is 5.69 Å². The quantitative estimate of drug-likeness (QED) is 0.635. The molecular formula is C17H16BrNO4. The van der Waals surface area contributed by atoms with Gasteiger partial charge in [-0.25, -0.2) is 4.79 Å². The van der Waals surface area contributed by atoms with E-state index in [-0.39, 0.29) is 5.91 Å². The lowest BCUT2D eigenvalue weighted by Crippen LogP contribution is -2.28. The van der Waals surface area contributed by atoms with Gasteiger partial charge in [0.25, 0.3) is 0 Å². The zero-order valence-corrected chi connectivity index (χ0v) is 14.3. The molecular weight excluding hydrogens is 362 g/mol. The van der Waals surface area contributed by atoms with Crippen LogP contribution >= 0.6 is 15.9 Å². The molecule has 0 fully saturated rings. The minimum Gasteiger partial charge on any atom is -0.479 e. The number of carbonyl (C=O) groups excluding carboxylic acids is 2. The third-order valence-corrected chi connectivity index (χ3v) is 3.38. The van der Waals surface area contributed by atoms with Crippen LogP contribution in [-0.2, 0) is 9.59 Å². The number of halogens is 1. The fraction of sp³-hybridized carbons (Fsp3) is 0.176. The second-order valence-corrected chi connectivity index (χ2v) is 5.76. The third kappa shape index (κ3) is 5.41. The number of amides is 1. The molecule has 0 radical (unpaired) electrons. The van der Waals surface area contributed by atoms with E-state index in [1.165, 1.54) is 6.92 Å². The summed E-state index contributed by atoms with van der Waals surface area (Å²) in [6, 6.07) is 13.7. The van der Waals surface area contributed by atoms with E-state index in [0.717, 1.165) is 4.47 Å². The molecule has 0 saturated carbocycles. The van der Waals surface area contributed by atoms with Gasteiger partial charge in [0.05, 0.1) is 0 Å². The lowest BCUT2D eigenvalue weighted by atomic mass is 10.3. The first kappa shape index (κ1) is 17.0. The van der Waals surface area contributed by atoms with Crippen LogP contribution < -0.4 is 14.8 Å². The molecule has 0 saturated heterocycles. The molecule has 2 rings (SSSR count). The summed E-state index contributed by atoms with van der Waals surface area (Å²) < 4.78 is 11.7. The number of anilines is 1. The van der Waals surface area contributed by atoms with Crippen LogP contribution in [0, 0.1) is 0 Å². The minimum absolute atomic E-state index is 0.161. The summed E-state index contributed by atoms with van der Waals surface area (Å²) in [7, 11) is 0. The Balaban J connectivity index is 1.92. The van der Waals surface area contributed by atoms with Gasteiger partial charge in [0, 0.05) is 17.1 Å². The molecule has 0 aliphatic rings. The van der Waals surface area contributed by atoms with Crippen molar-refractivity contribution in [2.24, 2.45) is 0 Å². The summed E-state index contributed by atoms with van der Waals surface area (Å²) in [6.45, 7) is 3.05. The van der Waals surface area contributed by atoms with Gasteiger partial charge in [-0.1, -0.05) is 15.9 Å². The number of nitrogens with one attached hydrogen (secondary N) is 1. The summed E-state index contributed by atoms with van der Waals surface area (Å²) in [5.74, 6) is 0.306. The molecule has 6 heteroatoms. The maximum atomic E-state index is 12.0. The Kier molecular flexibility index (Phi) is 5.76. The molecule has 0 heterocycles. The molecule has 120 valence electrons. The Bertz CT molecular complexity index is 683. The first-order chi connectivity index (χ1) is 10.9. The molecule has 1 unspecified atom stereocenters. The Labute approximate surface area is 142 Å². The van der Waals surface area contributed by atoms with Crippen LogP contribution in [0.2, 0.25) is 0 Å². The van der Waals surface area contributed by atoms with Crippen molar-refractivity contribution < 1.29 is 19.1 Å². The van der Waals surface area contributed by atoms with Crippen molar-refractivity contribution in [3.8, 4) is 11.5 Å². The topological polar surface area (TPSA) is 64.6 Å². The number of hydrogen-bond donors (Lipinski definition) is 1. The van der Waals surface area contributed by atoms with Crippen molar-refractivity contribution in [1.82, 2.24) is 0 Å². The highest BCUT2D eigenvalue weighted by Gasteiger charge is 2.17. The highest BCUT2D eigenvalue weighted by molar-refractivity contribution is 9.10. The van der Waals surface area contributed by atoms with Crippen molar-refractivity contribution in [1.29, 1.82) is 0 Å². The number of esters is 1. The minimum atomic E-state index is -0.744. The predicted molar refractivity (Wildman–Crippen MR) is 90.6 cm³/mol. The third-order valence-electron chi connectivity index (χ3n) is 2.85. The van der Waals surface area contributed by atoms with E-state index in [1.54, 1.807) is 43.3 Å². The first-order valence-corrected chi connectivity index (χ1v) is 7.75. The molecule has 0 spiro atoms. The maximum absolute atomic E-state index is 12.0. The Morgan fingerprint density at radius 3 is 2.13 bits per heavy atom. The van der Waals surface area contributed by atoms with E-state index < -0.39 is 12.1 Å². The molecule has 0 aromatic heterocycles. The molecule has 1 atom stereocenters. The SMILES string of the molecule is CC(=O)Nc1ccc(OC(=O)C(C)Oc2ccc(Br)cc2)cc1. The first-order valence-electron chi connectivity index (χ1n) is 6.95. The van der Waals surface area contributed by atoms with E-state index in [4.69, 9.17) is 9.47 Å². The fourth-order valence-corrected chi connectivity index (χ4v) is 2.04. The normalized spacial score (nSPS) is 11.4. The summed E-state index contributed by atoms with van der Waals surface area (Å²) in [5.41, 5.74) is 0.636. The fourth-order valence-electron chi connectivity index (χ4n) is 1.77. The highest BCUT2D eigenvalue weighted by atomic mass is 79.9. The van der Waals surface area contributed by atoms with Crippen molar-refractivity contribution >= 4 is 33.5 Å². The zero-order chi connectivity index (χ0) is 16.8. The Morgan fingerprint density at radius 2 is 1.57 bits per heavy atom. The largest absolute Gasteiger partial charge is 0.479 e. The van der Waals surface area contributed by atoms with Crippen LogP contribution in [0.3, 0.4) is 0 Å². The number of hydrogen-bond acceptors (Lipinski definition) is 4. The Hall–Kier alpha value is -2.34. The lowest BCUT2D eigenvalue weighted by Gasteiger charge is -2.14. The number of carbonyl (C=O) groups is 2. The van der Waals surface area contributed by atoms with Gasteiger partial charge in [-0.3, -0.25) is 4.79 Å². The molecule has 1 amide bonds. The van der Waals surface area contributed by atoms with Gasteiger partial charge < -0.3 is 14.8 Å². The second kappa shape index (κ2) is 7.78. The molecule has 2 aromatic carbocycles. The van der Waals surface area contributed by atoms with Crippen LogP contribution in [0.15, 0.2) is 53.0 Å². The molecule has 2 aromatic rings. The zero-order valence-electron chi connectivity index (χ0n) is 12.7. The average Bonchev–Trinajstić information content (AvgIpc) is 2.51. The van der Waals surface area contributed by atoms with E-state index >= 15 is 0 Å². The molecule has 1 N–H and O–H groups in total. The van der Waals surface area contributed by atoms with Crippen LogP contribution in [0.25, 0.3) is 0 Å². The van der Waals surface area contributed by atoms with E-state index in [1.807, 2.05) is 12.1 Å². The van der Waals surface area contributed by atoms with Crippen LogP contribution in [0.5, 0.6) is 11.5 Å². The van der Waals surface area contributed by atoms with Gasteiger partial charge in [0.15, 0.2) is 6.10 Å². The number of benzene rings is 2. The van der Waals surface area contributed by atoms with Gasteiger partial charge in [0.2, 0.25) is 5.91 Å². The van der Waals surface area contributed by atoms with E-state index in [0.29, 0.717) is 17.2 Å². The number of ether oxygens (including phenoxy) is 2. The van der Waals surface area contributed by atoms with Crippen molar-refractivity contribution in [3.05, 3.63) is 53.0 Å². The van der Waals surface area contributed by atoms with Gasteiger partial charge in [0.1, 0.15) is 11.5 Å². The van der Waals surface area contributed by atoms with Crippen LogP contribution in [-0.4, -0.2) is 18.0 Å². The van der Waals surface area contributed by atoms with Gasteiger partial charge in [-0.2, -0.15) is 0 Å². The summed E-state index contributed by atoms with van der Waals surface area (Å²) in [6.07, 6.45) is -0.744. The van der Waals surface area contributed by atoms with Crippen molar-refractivity contribution in [2.75, 3.05) is 5.32 Å². The molecule has 0 aliphatic heterocycles. The summed E-state index contributed by atoms with van der Waals surface area (Å²) >= 11 is 3.33. The van der Waals surface area contributed by atoms with E-state index in [9.17, 15) is 9.59 Å². The van der Waals surface area contributed by atoms with Gasteiger partial charge in [-0.05, 0) is 55.5 Å². The monoisotopic (exact) mass is 377 g/mol. The molecule has 23 heavy (non-hydrogen) atoms. The summed E-state index contributed by atoms with van der Waals surface area (Å²) in [5, 5.41) is 2.64. The highest BCUT2D eigenvalue weighted by Crippen LogP contribution is 2.19. The standard InChI is InChI=1S/C17H16BrNO4/c1-11(22-15-7-3-13(18)4-8-15)17(21)23-16-9-5-14(6-10-16)19-12(2)20/h3-11H,1-2H3,(H,19,20). The predicted octanol–water partition coefficient (Wildman–Crippen LogP) is 3.78. The van der Waals surface area contributed by atoms with Gasteiger partial charge in [-0.15, -0.1) is 0 Å². The van der Waals surface area contributed by atoms with Gasteiger partial charge >= 0.3 is 5.97 Å². The maximum Gasteiger partial charge on any atom is 0.352 e. The van der Waals surface area contributed by atoms with Crippen molar-refractivity contribution in [3.63, 3.8) is 0 Å². The molecule has 0 aliphatic carbocycles. The summed E-state index contributed by atoms with van der Waals surface area (Å²) in [4.78, 5) is 23.0. The number of rotatable bonds is 5. The second-order valence-electron chi connectivity index (χ2n) is 4.84. The van der Waals surface area contributed by atoms with E-state index in [2.05, 4.69) is 21.2 Å². The van der Waals surface area contributed by atoms with Crippen molar-refractivity contribution in [2.45, 2.75) is 20.0 Å². The average molecular weight is 378 g/mol.